The third-order valence-electron chi connectivity index (χ3n) is 4.14. The van der Waals surface area contributed by atoms with E-state index in [1.54, 1.807) is 29.2 Å². The van der Waals surface area contributed by atoms with Crippen molar-refractivity contribution >= 4 is 22.1 Å². The number of rotatable bonds is 6. The van der Waals surface area contributed by atoms with Crippen molar-refractivity contribution in [1.82, 2.24) is 20.3 Å². The van der Waals surface area contributed by atoms with Crippen molar-refractivity contribution in [3.8, 4) is 0 Å². The van der Waals surface area contributed by atoms with Gasteiger partial charge in [0, 0.05) is 19.6 Å². The van der Waals surface area contributed by atoms with Gasteiger partial charge < -0.3 is 20.3 Å². The van der Waals surface area contributed by atoms with E-state index in [-0.39, 0.29) is 17.0 Å². The van der Waals surface area contributed by atoms with Crippen LogP contribution in [-0.4, -0.2) is 63.7 Å². The Balaban J connectivity index is 1.90. The molecule has 1 aromatic carbocycles. The zero-order valence-corrected chi connectivity index (χ0v) is 18.5. The first-order valence-electron chi connectivity index (χ1n) is 9.59. The molecule has 3 N–H and O–H groups in total. The molecule has 1 aliphatic heterocycles. The second kappa shape index (κ2) is 9.45. The quantitative estimate of drug-likeness (QED) is 0.467. The molecule has 162 valence electrons. The van der Waals surface area contributed by atoms with Crippen molar-refractivity contribution in [2.24, 2.45) is 4.99 Å². The summed E-state index contributed by atoms with van der Waals surface area (Å²) in [7, 11) is -2.06. The highest BCUT2D eigenvalue weighted by Crippen LogP contribution is 2.15. The summed E-state index contributed by atoms with van der Waals surface area (Å²) in [6.45, 7) is 9.71. The van der Waals surface area contributed by atoms with E-state index in [4.69, 9.17) is 4.74 Å². The summed E-state index contributed by atoms with van der Waals surface area (Å²) in [5.74, 6) is 0.647. The van der Waals surface area contributed by atoms with Gasteiger partial charge in [-0.3, -0.25) is 0 Å². The summed E-state index contributed by atoms with van der Waals surface area (Å²) in [5.41, 5.74) is 0.384. The molecule has 1 aliphatic rings. The molecule has 0 aromatic heterocycles. The number of hydrogen-bond donors (Lipinski definition) is 3. The monoisotopic (exact) mass is 425 g/mol. The summed E-state index contributed by atoms with van der Waals surface area (Å²) in [5, 5.41) is 6.48. The molecule has 0 atom stereocenters. The van der Waals surface area contributed by atoms with Crippen molar-refractivity contribution < 1.29 is 17.9 Å². The SMILES string of the molecule is CCNC(=NCc1ccc(S(=O)(=O)NC)cc1)NC1CN(C(=O)OC(C)(C)C)C1. The first-order chi connectivity index (χ1) is 13.5. The first kappa shape index (κ1) is 23.0. The lowest BCUT2D eigenvalue weighted by atomic mass is 10.1. The molecule has 1 amide bonds. The largest absolute Gasteiger partial charge is 0.444 e. The maximum absolute atomic E-state index is 12.0. The van der Waals surface area contributed by atoms with Gasteiger partial charge in [-0.15, -0.1) is 0 Å². The van der Waals surface area contributed by atoms with E-state index >= 15 is 0 Å². The Morgan fingerprint density at radius 2 is 1.86 bits per heavy atom. The van der Waals surface area contributed by atoms with Gasteiger partial charge in [-0.2, -0.15) is 0 Å². The molecule has 29 heavy (non-hydrogen) atoms. The van der Waals surface area contributed by atoms with E-state index < -0.39 is 15.6 Å². The second-order valence-corrected chi connectivity index (χ2v) is 9.66. The lowest BCUT2D eigenvalue weighted by Gasteiger charge is -2.40. The Morgan fingerprint density at radius 1 is 1.24 bits per heavy atom. The van der Waals surface area contributed by atoms with Gasteiger partial charge >= 0.3 is 6.09 Å². The summed E-state index contributed by atoms with van der Waals surface area (Å²) in [6.07, 6.45) is -0.311. The van der Waals surface area contributed by atoms with Crippen molar-refractivity contribution in [2.45, 2.75) is 50.8 Å². The molecule has 0 unspecified atom stereocenters. The van der Waals surface area contributed by atoms with E-state index in [0.29, 0.717) is 32.1 Å². The third kappa shape index (κ3) is 6.90. The number of sulfonamides is 1. The van der Waals surface area contributed by atoms with Gasteiger partial charge in [0.2, 0.25) is 10.0 Å². The summed E-state index contributed by atoms with van der Waals surface area (Å²) in [6, 6.07) is 6.70. The van der Waals surface area contributed by atoms with Crippen LogP contribution in [0.15, 0.2) is 34.2 Å². The molecule has 1 heterocycles. The van der Waals surface area contributed by atoms with Gasteiger partial charge in [0.05, 0.1) is 17.5 Å². The van der Waals surface area contributed by atoms with Crippen molar-refractivity contribution in [2.75, 3.05) is 26.7 Å². The highest BCUT2D eigenvalue weighted by atomic mass is 32.2. The number of aliphatic imine (C=N–C) groups is 1. The van der Waals surface area contributed by atoms with Gasteiger partial charge in [-0.1, -0.05) is 12.1 Å². The number of ether oxygens (including phenoxy) is 1. The molecule has 1 aromatic rings. The predicted molar refractivity (Wildman–Crippen MR) is 112 cm³/mol. The van der Waals surface area contributed by atoms with Crippen LogP contribution in [0.1, 0.15) is 33.3 Å². The maximum atomic E-state index is 12.0. The smallest absolute Gasteiger partial charge is 0.410 e. The van der Waals surface area contributed by atoms with Gasteiger partial charge in [-0.25, -0.2) is 22.9 Å². The van der Waals surface area contributed by atoms with E-state index in [0.717, 1.165) is 5.56 Å². The van der Waals surface area contributed by atoms with Crippen LogP contribution in [0.25, 0.3) is 0 Å². The van der Waals surface area contributed by atoms with Crippen molar-refractivity contribution in [1.29, 1.82) is 0 Å². The number of likely N-dealkylation sites (tertiary alicyclic amines) is 1. The summed E-state index contributed by atoms with van der Waals surface area (Å²) < 4.78 is 31.2. The minimum atomic E-state index is -3.44. The maximum Gasteiger partial charge on any atom is 0.410 e. The number of nitrogens with zero attached hydrogens (tertiary/aromatic N) is 2. The number of amides is 1. The molecule has 0 spiro atoms. The fourth-order valence-electron chi connectivity index (χ4n) is 2.62. The number of carbonyl (C=O) groups excluding carboxylic acids is 1. The topological polar surface area (TPSA) is 112 Å². The standard InChI is InChI=1S/C19H31N5O4S/c1-6-21-17(23-15-12-24(13-15)18(25)28-19(2,3)4)22-11-14-7-9-16(10-8-14)29(26,27)20-5/h7-10,15,20H,6,11-13H2,1-5H3,(H2,21,22,23). The van der Waals surface area contributed by atoms with Crippen LogP contribution in [0.2, 0.25) is 0 Å². The Kier molecular flexibility index (Phi) is 7.48. The fraction of sp³-hybridized carbons (Fsp3) is 0.579. The Morgan fingerprint density at radius 3 is 2.38 bits per heavy atom. The molecule has 1 saturated heterocycles. The minimum absolute atomic E-state index is 0.100. The lowest BCUT2D eigenvalue weighted by Crippen LogP contribution is -2.63. The summed E-state index contributed by atoms with van der Waals surface area (Å²) in [4.78, 5) is 18.4. The number of nitrogens with one attached hydrogen (secondary N) is 3. The molecule has 2 rings (SSSR count). The molecular weight excluding hydrogens is 394 g/mol. The number of guanidine groups is 1. The zero-order valence-electron chi connectivity index (χ0n) is 17.7. The van der Waals surface area contributed by atoms with Crippen molar-refractivity contribution in [3.05, 3.63) is 29.8 Å². The minimum Gasteiger partial charge on any atom is -0.444 e. The number of benzene rings is 1. The lowest BCUT2D eigenvalue weighted by molar-refractivity contribution is 0.00700. The molecule has 1 fully saturated rings. The molecule has 0 radical (unpaired) electrons. The fourth-order valence-corrected chi connectivity index (χ4v) is 3.35. The van der Waals surface area contributed by atoms with Crippen LogP contribution >= 0.6 is 0 Å². The molecule has 0 bridgehead atoms. The highest BCUT2D eigenvalue weighted by molar-refractivity contribution is 7.89. The average molecular weight is 426 g/mol. The normalized spacial score (nSPS) is 15.6. The molecule has 0 saturated carbocycles. The van der Waals surface area contributed by atoms with Gasteiger partial charge in [0.25, 0.3) is 0 Å². The predicted octanol–water partition coefficient (Wildman–Crippen LogP) is 1.27. The van der Waals surface area contributed by atoms with Gasteiger partial charge in [0.15, 0.2) is 5.96 Å². The average Bonchev–Trinajstić information content (AvgIpc) is 2.61. The van der Waals surface area contributed by atoms with Crippen LogP contribution in [-0.2, 0) is 21.3 Å². The van der Waals surface area contributed by atoms with Crippen LogP contribution in [0, 0.1) is 0 Å². The van der Waals surface area contributed by atoms with Crippen LogP contribution in [0.4, 0.5) is 4.79 Å². The highest BCUT2D eigenvalue weighted by Gasteiger charge is 2.34. The molecule has 10 heteroatoms. The first-order valence-corrected chi connectivity index (χ1v) is 11.1. The zero-order chi connectivity index (χ0) is 21.7. The Labute approximate surface area is 173 Å². The van der Waals surface area contributed by atoms with E-state index in [9.17, 15) is 13.2 Å². The Hall–Kier alpha value is -2.33. The third-order valence-corrected chi connectivity index (χ3v) is 5.57. The van der Waals surface area contributed by atoms with Crippen LogP contribution < -0.4 is 15.4 Å². The van der Waals surface area contributed by atoms with E-state index in [2.05, 4.69) is 20.3 Å². The summed E-state index contributed by atoms with van der Waals surface area (Å²) >= 11 is 0. The number of carbonyl (C=O) groups is 1. The van der Waals surface area contributed by atoms with Crippen LogP contribution in [0.3, 0.4) is 0 Å². The van der Waals surface area contributed by atoms with Crippen molar-refractivity contribution in [3.63, 3.8) is 0 Å². The molecular formula is C19H31N5O4S. The van der Waals surface area contributed by atoms with E-state index in [1.165, 1.54) is 7.05 Å². The Bertz CT molecular complexity index is 825. The molecule has 9 nitrogen and oxygen atoms in total. The second-order valence-electron chi connectivity index (χ2n) is 7.77. The van der Waals surface area contributed by atoms with Gasteiger partial charge in [-0.05, 0) is 52.4 Å². The van der Waals surface area contributed by atoms with E-state index in [1.807, 2.05) is 27.7 Å². The molecule has 0 aliphatic carbocycles. The number of hydrogen-bond acceptors (Lipinski definition) is 5. The van der Waals surface area contributed by atoms with Gasteiger partial charge in [0.1, 0.15) is 5.60 Å². The van der Waals surface area contributed by atoms with Crippen LogP contribution in [0.5, 0.6) is 0 Å².